The van der Waals surface area contributed by atoms with Gasteiger partial charge in [0.25, 0.3) is 0 Å². The summed E-state index contributed by atoms with van der Waals surface area (Å²) in [5.74, 6) is -2.03. The lowest BCUT2D eigenvalue weighted by molar-refractivity contribution is 0.224. The number of amides is 2. The normalized spacial score (nSPS) is 9.87. The minimum Gasteiger partial charge on any atom is -0.328 e. The van der Waals surface area contributed by atoms with Gasteiger partial charge in [0.15, 0.2) is 11.6 Å². The summed E-state index contributed by atoms with van der Waals surface area (Å²) >= 11 is 0. The van der Waals surface area contributed by atoms with Gasteiger partial charge in [0, 0.05) is 13.6 Å². The number of hydrogen-bond donors (Lipinski definition) is 1. The van der Waals surface area contributed by atoms with Crippen molar-refractivity contribution in [1.29, 1.82) is 0 Å². The van der Waals surface area contributed by atoms with E-state index in [4.69, 9.17) is 0 Å². The molecule has 0 atom stereocenters. The zero-order valence-electron chi connectivity index (χ0n) is 8.55. The van der Waals surface area contributed by atoms with Gasteiger partial charge in [0.05, 0.1) is 5.69 Å². The smallest absolute Gasteiger partial charge is 0.321 e. The number of benzene rings is 1. The highest BCUT2D eigenvalue weighted by atomic mass is 19.2. The van der Waals surface area contributed by atoms with Crippen LogP contribution >= 0.6 is 0 Å². The van der Waals surface area contributed by atoms with E-state index in [9.17, 15) is 13.6 Å². The number of carbonyl (C=O) groups is 1. The Labute approximate surface area is 86.7 Å². The van der Waals surface area contributed by atoms with Crippen molar-refractivity contribution in [3.05, 3.63) is 29.8 Å². The number of hydrogen-bond acceptors (Lipinski definition) is 1. The molecule has 0 saturated carbocycles. The lowest BCUT2D eigenvalue weighted by atomic mass is 10.3. The molecule has 0 aliphatic rings. The first-order valence-electron chi connectivity index (χ1n) is 4.52. The average Bonchev–Trinajstić information content (AvgIpc) is 2.23. The van der Waals surface area contributed by atoms with Crippen LogP contribution in [-0.2, 0) is 0 Å². The highest BCUT2D eigenvalue weighted by Gasteiger charge is 2.12. The molecule has 3 nitrogen and oxygen atoms in total. The zero-order chi connectivity index (χ0) is 11.4. The second-order valence-corrected chi connectivity index (χ2v) is 3.05. The quantitative estimate of drug-likeness (QED) is 0.805. The first-order valence-corrected chi connectivity index (χ1v) is 4.52. The Morgan fingerprint density at radius 3 is 2.73 bits per heavy atom. The third kappa shape index (κ3) is 2.65. The van der Waals surface area contributed by atoms with Crippen molar-refractivity contribution >= 4 is 11.7 Å². The van der Waals surface area contributed by atoms with Gasteiger partial charge >= 0.3 is 6.03 Å². The predicted octanol–water partition coefficient (Wildman–Crippen LogP) is 2.45. The first kappa shape index (κ1) is 11.4. The molecular weight excluding hydrogens is 202 g/mol. The third-order valence-corrected chi connectivity index (χ3v) is 2.01. The predicted molar refractivity (Wildman–Crippen MR) is 53.7 cm³/mol. The minimum absolute atomic E-state index is 0.152. The monoisotopic (exact) mass is 214 g/mol. The van der Waals surface area contributed by atoms with Crippen molar-refractivity contribution in [2.24, 2.45) is 0 Å². The largest absolute Gasteiger partial charge is 0.328 e. The maximum atomic E-state index is 13.1. The summed E-state index contributed by atoms with van der Waals surface area (Å²) in [6, 6.07) is 3.16. The molecule has 1 rings (SSSR count). The summed E-state index contributed by atoms with van der Waals surface area (Å²) in [6.07, 6.45) is 0. The number of rotatable bonds is 2. The summed E-state index contributed by atoms with van der Waals surface area (Å²) in [6.45, 7) is 2.27. The summed E-state index contributed by atoms with van der Waals surface area (Å²) in [5.41, 5.74) is -0.152. The van der Waals surface area contributed by atoms with E-state index in [0.717, 1.165) is 6.07 Å². The Bertz CT molecular complexity index is 368. The van der Waals surface area contributed by atoms with Gasteiger partial charge in [-0.05, 0) is 19.1 Å². The molecule has 82 valence electrons. The fourth-order valence-corrected chi connectivity index (χ4v) is 0.955. The molecule has 1 N–H and O–H groups in total. The molecule has 0 aliphatic heterocycles. The Morgan fingerprint density at radius 1 is 1.47 bits per heavy atom. The second-order valence-electron chi connectivity index (χ2n) is 3.05. The summed E-state index contributed by atoms with van der Waals surface area (Å²) in [5, 5.41) is 2.27. The second kappa shape index (κ2) is 4.72. The van der Waals surface area contributed by atoms with Gasteiger partial charge in [-0.1, -0.05) is 6.07 Å². The molecule has 15 heavy (non-hydrogen) atoms. The van der Waals surface area contributed by atoms with Crippen LogP contribution < -0.4 is 5.32 Å². The highest BCUT2D eigenvalue weighted by molar-refractivity contribution is 5.89. The zero-order valence-corrected chi connectivity index (χ0v) is 8.55. The van der Waals surface area contributed by atoms with Crippen molar-refractivity contribution in [2.75, 3.05) is 18.9 Å². The van der Waals surface area contributed by atoms with Crippen LogP contribution in [0.5, 0.6) is 0 Å². The fraction of sp³-hybridized carbons (Fsp3) is 0.300. The maximum Gasteiger partial charge on any atom is 0.321 e. The summed E-state index contributed by atoms with van der Waals surface area (Å²) < 4.78 is 25.9. The molecule has 0 saturated heterocycles. The molecule has 0 spiro atoms. The number of anilines is 1. The van der Waals surface area contributed by atoms with E-state index in [2.05, 4.69) is 5.32 Å². The van der Waals surface area contributed by atoms with E-state index in [1.54, 1.807) is 14.0 Å². The van der Waals surface area contributed by atoms with Crippen LogP contribution in [0.3, 0.4) is 0 Å². The van der Waals surface area contributed by atoms with Crippen LogP contribution in [-0.4, -0.2) is 24.5 Å². The van der Waals surface area contributed by atoms with E-state index < -0.39 is 17.7 Å². The molecule has 0 unspecified atom stereocenters. The number of urea groups is 1. The summed E-state index contributed by atoms with van der Waals surface area (Å²) in [4.78, 5) is 12.7. The maximum absolute atomic E-state index is 13.1. The van der Waals surface area contributed by atoms with E-state index >= 15 is 0 Å². The Morgan fingerprint density at radius 2 is 2.13 bits per heavy atom. The number of halogens is 2. The standard InChI is InChI=1S/C10H12F2N2O/c1-3-14(2)10(15)13-8-6-4-5-7(11)9(8)12/h4-6H,3H2,1-2H3,(H,13,15). The Balaban J connectivity index is 2.81. The van der Waals surface area contributed by atoms with E-state index in [-0.39, 0.29) is 5.69 Å². The molecule has 1 aromatic rings. The van der Waals surface area contributed by atoms with Crippen molar-refractivity contribution in [1.82, 2.24) is 4.90 Å². The molecule has 2 amide bonds. The Kier molecular flexibility index (Phi) is 3.60. The van der Waals surface area contributed by atoms with Crippen LogP contribution in [0.1, 0.15) is 6.92 Å². The molecule has 0 fully saturated rings. The summed E-state index contributed by atoms with van der Waals surface area (Å²) in [7, 11) is 1.56. The molecule has 0 heterocycles. The van der Waals surface area contributed by atoms with Gasteiger partial charge in [-0.15, -0.1) is 0 Å². The van der Waals surface area contributed by atoms with Crippen LogP contribution in [0.2, 0.25) is 0 Å². The van der Waals surface area contributed by atoms with Crippen LogP contribution in [0.4, 0.5) is 19.3 Å². The van der Waals surface area contributed by atoms with Crippen molar-refractivity contribution in [3.63, 3.8) is 0 Å². The minimum atomic E-state index is -1.05. The van der Waals surface area contributed by atoms with Gasteiger partial charge in [0.2, 0.25) is 0 Å². The molecule has 5 heteroatoms. The van der Waals surface area contributed by atoms with Crippen molar-refractivity contribution in [2.45, 2.75) is 6.92 Å². The van der Waals surface area contributed by atoms with Crippen LogP contribution in [0.15, 0.2) is 18.2 Å². The molecule has 1 aromatic carbocycles. The van der Waals surface area contributed by atoms with Gasteiger partial charge in [-0.25, -0.2) is 13.6 Å². The SMILES string of the molecule is CCN(C)C(=O)Nc1cccc(F)c1F. The number of nitrogens with zero attached hydrogens (tertiary/aromatic N) is 1. The average molecular weight is 214 g/mol. The molecule has 0 radical (unpaired) electrons. The molecule has 0 aliphatic carbocycles. The fourth-order valence-electron chi connectivity index (χ4n) is 0.955. The molecule has 0 aromatic heterocycles. The lowest BCUT2D eigenvalue weighted by Gasteiger charge is -2.15. The molecular formula is C10H12F2N2O. The van der Waals surface area contributed by atoms with Gasteiger partial charge < -0.3 is 10.2 Å². The van der Waals surface area contributed by atoms with Gasteiger partial charge in [-0.3, -0.25) is 0 Å². The Hall–Kier alpha value is -1.65. The topological polar surface area (TPSA) is 32.3 Å². The first-order chi connectivity index (χ1) is 7.06. The molecule has 0 bridgehead atoms. The number of carbonyl (C=O) groups excluding carboxylic acids is 1. The van der Waals surface area contributed by atoms with Crippen molar-refractivity contribution < 1.29 is 13.6 Å². The van der Waals surface area contributed by atoms with E-state index in [1.807, 2.05) is 0 Å². The van der Waals surface area contributed by atoms with E-state index in [1.165, 1.54) is 17.0 Å². The number of nitrogens with one attached hydrogen (secondary N) is 1. The highest BCUT2D eigenvalue weighted by Crippen LogP contribution is 2.16. The van der Waals surface area contributed by atoms with Crippen LogP contribution in [0, 0.1) is 11.6 Å². The lowest BCUT2D eigenvalue weighted by Crippen LogP contribution is -2.31. The van der Waals surface area contributed by atoms with Crippen molar-refractivity contribution in [3.8, 4) is 0 Å². The van der Waals surface area contributed by atoms with Crippen LogP contribution in [0.25, 0.3) is 0 Å². The third-order valence-electron chi connectivity index (χ3n) is 2.01. The van der Waals surface area contributed by atoms with E-state index in [0.29, 0.717) is 6.54 Å². The van der Waals surface area contributed by atoms with Gasteiger partial charge in [-0.2, -0.15) is 0 Å². The van der Waals surface area contributed by atoms with Gasteiger partial charge in [0.1, 0.15) is 0 Å².